The number of halogens is 1. The summed E-state index contributed by atoms with van der Waals surface area (Å²) in [7, 11) is 0. The number of benzene rings is 1. The third-order valence-electron chi connectivity index (χ3n) is 4.52. The van der Waals surface area contributed by atoms with E-state index in [-0.39, 0.29) is 0 Å². The van der Waals surface area contributed by atoms with Gasteiger partial charge in [-0.3, -0.25) is 0 Å². The topological polar surface area (TPSA) is 64.9 Å². The molecule has 0 saturated heterocycles. The van der Waals surface area contributed by atoms with Gasteiger partial charge in [-0.25, -0.2) is 0 Å². The van der Waals surface area contributed by atoms with Crippen LogP contribution in [0.1, 0.15) is 44.9 Å². The van der Waals surface area contributed by atoms with Crippen LogP contribution in [0.15, 0.2) is 28.8 Å². The minimum absolute atomic E-state index is 0.421. The van der Waals surface area contributed by atoms with Gasteiger partial charge in [-0.1, -0.05) is 24.6 Å². The van der Waals surface area contributed by atoms with Crippen molar-refractivity contribution in [1.82, 2.24) is 10.1 Å². The highest BCUT2D eigenvalue weighted by Crippen LogP contribution is 2.38. The summed E-state index contributed by atoms with van der Waals surface area (Å²) in [5.74, 6) is 2.01. The number of nitrogens with two attached hydrogens (primary N) is 1. The van der Waals surface area contributed by atoms with E-state index in [2.05, 4.69) is 39.7 Å². The summed E-state index contributed by atoms with van der Waals surface area (Å²) >= 11 is 2.28. The fraction of sp³-hybridized carbons (Fsp3) is 0.500. The number of nitrogens with zero attached hydrogens (tertiary/aromatic N) is 2. The van der Waals surface area contributed by atoms with E-state index in [9.17, 15) is 0 Å². The predicted octanol–water partition coefficient (Wildman–Crippen LogP) is 4.10. The van der Waals surface area contributed by atoms with E-state index in [1.54, 1.807) is 0 Å². The van der Waals surface area contributed by atoms with Crippen molar-refractivity contribution < 1.29 is 4.52 Å². The molecule has 2 aromatic rings. The zero-order valence-electron chi connectivity index (χ0n) is 12.2. The lowest BCUT2D eigenvalue weighted by Crippen LogP contribution is -2.41. The van der Waals surface area contributed by atoms with Crippen molar-refractivity contribution in [2.45, 2.75) is 44.6 Å². The van der Waals surface area contributed by atoms with Gasteiger partial charge in [0.25, 0.3) is 5.89 Å². The number of hydrogen-bond acceptors (Lipinski definition) is 4. The molecule has 1 aromatic carbocycles. The van der Waals surface area contributed by atoms with Gasteiger partial charge in [-0.15, -0.1) is 0 Å². The van der Waals surface area contributed by atoms with Gasteiger partial charge in [0.1, 0.15) is 0 Å². The normalized spacial score (nSPS) is 26.0. The molecule has 0 aliphatic heterocycles. The van der Waals surface area contributed by atoms with Crippen LogP contribution in [-0.2, 0) is 5.54 Å². The summed E-state index contributed by atoms with van der Waals surface area (Å²) in [6.45, 7) is 2.25. The van der Waals surface area contributed by atoms with Gasteiger partial charge in [0.15, 0.2) is 5.82 Å². The molecule has 1 saturated carbocycles. The fourth-order valence-corrected chi connectivity index (χ4v) is 3.53. The van der Waals surface area contributed by atoms with Crippen molar-refractivity contribution in [3.8, 4) is 11.5 Å². The van der Waals surface area contributed by atoms with Crippen LogP contribution < -0.4 is 5.73 Å². The molecule has 1 fully saturated rings. The monoisotopic (exact) mass is 397 g/mol. The summed E-state index contributed by atoms with van der Waals surface area (Å²) in [6, 6.07) is 8.05. The number of aromatic nitrogens is 2. The quantitative estimate of drug-likeness (QED) is 0.793. The van der Waals surface area contributed by atoms with Crippen LogP contribution in [0.4, 0.5) is 0 Å². The second-order valence-electron chi connectivity index (χ2n) is 5.94. The molecule has 3 rings (SSSR count). The Hall–Kier alpha value is -0.950. The second-order valence-corrected chi connectivity index (χ2v) is 7.19. The van der Waals surface area contributed by atoms with Crippen LogP contribution in [0.2, 0.25) is 0 Å². The molecule has 112 valence electrons. The molecule has 21 heavy (non-hydrogen) atoms. The van der Waals surface area contributed by atoms with E-state index >= 15 is 0 Å². The maximum Gasteiger partial charge on any atom is 0.258 e. The van der Waals surface area contributed by atoms with Crippen molar-refractivity contribution in [3.05, 3.63) is 33.7 Å². The van der Waals surface area contributed by atoms with E-state index in [1.807, 2.05) is 24.3 Å². The molecule has 5 heteroatoms. The van der Waals surface area contributed by atoms with Crippen molar-refractivity contribution in [1.29, 1.82) is 0 Å². The van der Waals surface area contributed by atoms with E-state index in [1.165, 1.54) is 6.42 Å². The third kappa shape index (κ3) is 3.13. The first-order valence-corrected chi connectivity index (χ1v) is 8.57. The van der Waals surface area contributed by atoms with E-state index < -0.39 is 5.54 Å². The van der Waals surface area contributed by atoms with Crippen molar-refractivity contribution in [2.75, 3.05) is 0 Å². The zero-order chi connectivity index (χ0) is 14.9. The SMILES string of the molecule is CCC1CCC(N)(c2noc(-c3cccc(I)c3)n2)CC1. The molecule has 0 radical (unpaired) electrons. The molecule has 0 atom stereocenters. The first-order valence-electron chi connectivity index (χ1n) is 7.50. The smallest absolute Gasteiger partial charge is 0.258 e. The van der Waals surface area contributed by atoms with Crippen molar-refractivity contribution in [3.63, 3.8) is 0 Å². The Morgan fingerprint density at radius 2 is 2.14 bits per heavy atom. The summed E-state index contributed by atoms with van der Waals surface area (Å²) in [5, 5.41) is 4.15. The highest BCUT2D eigenvalue weighted by molar-refractivity contribution is 14.1. The molecule has 1 aliphatic carbocycles. The molecule has 0 amide bonds. The molecule has 0 unspecified atom stereocenters. The van der Waals surface area contributed by atoms with Crippen LogP contribution in [0.5, 0.6) is 0 Å². The second kappa shape index (κ2) is 6.04. The molecule has 1 aromatic heterocycles. The first-order chi connectivity index (χ1) is 10.1. The molecule has 1 heterocycles. The largest absolute Gasteiger partial charge is 0.334 e. The van der Waals surface area contributed by atoms with Crippen molar-refractivity contribution >= 4 is 22.6 Å². The lowest BCUT2D eigenvalue weighted by atomic mass is 9.76. The summed E-state index contributed by atoms with van der Waals surface area (Å²) in [6.07, 6.45) is 5.42. The zero-order valence-corrected chi connectivity index (χ0v) is 14.3. The summed E-state index contributed by atoms with van der Waals surface area (Å²) in [5.41, 5.74) is 7.06. The summed E-state index contributed by atoms with van der Waals surface area (Å²) < 4.78 is 6.58. The summed E-state index contributed by atoms with van der Waals surface area (Å²) in [4.78, 5) is 4.56. The molecular formula is C16H20IN3O. The van der Waals surface area contributed by atoms with Crippen LogP contribution in [0, 0.1) is 9.49 Å². The van der Waals surface area contributed by atoms with Crippen LogP contribution in [0.25, 0.3) is 11.5 Å². The van der Waals surface area contributed by atoms with Gasteiger partial charge in [0, 0.05) is 9.13 Å². The predicted molar refractivity (Wildman–Crippen MR) is 90.6 cm³/mol. The minimum Gasteiger partial charge on any atom is -0.334 e. The van der Waals surface area contributed by atoms with Gasteiger partial charge in [0.05, 0.1) is 5.54 Å². The average Bonchev–Trinajstić information content (AvgIpc) is 2.99. The van der Waals surface area contributed by atoms with Crippen LogP contribution in [-0.4, -0.2) is 10.1 Å². The first kappa shape index (κ1) is 15.0. The number of rotatable bonds is 3. The van der Waals surface area contributed by atoms with Crippen LogP contribution >= 0.6 is 22.6 Å². The minimum atomic E-state index is -0.421. The molecule has 4 nitrogen and oxygen atoms in total. The highest BCUT2D eigenvalue weighted by Gasteiger charge is 2.36. The van der Waals surface area contributed by atoms with Gasteiger partial charge in [-0.2, -0.15) is 4.98 Å². The Balaban J connectivity index is 1.82. The van der Waals surface area contributed by atoms with Gasteiger partial charge in [-0.05, 0) is 72.4 Å². The Kier molecular flexibility index (Phi) is 4.31. The van der Waals surface area contributed by atoms with Gasteiger partial charge in [0.2, 0.25) is 0 Å². The maximum atomic E-state index is 6.53. The molecule has 0 spiro atoms. The van der Waals surface area contributed by atoms with E-state index in [0.29, 0.717) is 11.7 Å². The Labute approximate surface area is 138 Å². The molecule has 0 bridgehead atoms. The third-order valence-corrected chi connectivity index (χ3v) is 5.19. The Morgan fingerprint density at radius 1 is 1.38 bits per heavy atom. The maximum absolute atomic E-state index is 6.53. The Bertz CT molecular complexity index is 617. The average molecular weight is 397 g/mol. The van der Waals surface area contributed by atoms with Crippen LogP contribution in [0.3, 0.4) is 0 Å². The molecule has 2 N–H and O–H groups in total. The highest BCUT2D eigenvalue weighted by atomic mass is 127. The lowest BCUT2D eigenvalue weighted by molar-refractivity contribution is 0.216. The van der Waals surface area contributed by atoms with E-state index in [0.717, 1.165) is 40.7 Å². The standard InChI is InChI=1S/C16H20IN3O/c1-2-11-6-8-16(18,9-7-11)15-19-14(21-20-15)12-4-3-5-13(17)10-12/h3-5,10-11H,2,6-9,18H2,1H3. The van der Waals surface area contributed by atoms with E-state index in [4.69, 9.17) is 10.3 Å². The molecular weight excluding hydrogens is 377 g/mol. The van der Waals surface area contributed by atoms with Gasteiger partial charge < -0.3 is 10.3 Å². The van der Waals surface area contributed by atoms with Crippen molar-refractivity contribution in [2.24, 2.45) is 11.7 Å². The molecule has 1 aliphatic rings. The fourth-order valence-electron chi connectivity index (χ4n) is 2.99. The van der Waals surface area contributed by atoms with Gasteiger partial charge >= 0.3 is 0 Å². The number of hydrogen-bond donors (Lipinski definition) is 1. The lowest BCUT2D eigenvalue weighted by Gasteiger charge is -2.34. The Morgan fingerprint density at radius 3 is 2.81 bits per heavy atom.